The van der Waals surface area contributed by atoms with Gasteiger partial charge in [0.1, 0.15) is 11.4 Å². The van der Waals surface area contributed by atoms with Gasteiger partial charge in [-0.2, -0.15) is 5.10 Å². The molecule has 3 aromatic rings. The highest BCUT2D eigenvalue weighted by Gasteiger charge is 2.40. The summed E-state index contributed by atoms with van der Waals surface area (Å²) in [5, 5.41) is 8.66. The maximum Gasteiger partial charge on any atom is 0.410 e. The number of anilines is 1. The van der Waals surface area contributed by atoms with Gasteiger partial charge >= 0.3 is 6.09 Å². The number of aromatic amines is 1. The van der Waals surface area contributed by atoms with E-state index in [4.69, 9.17) is 26.8 Å². The second-order valence-corrected chi connectivity index (χ2v) is 11.2. The second kappa shape index (κ2) is 9.54. The van der Waals surface area contributed by atoms with Crippen LogP contribution in [0.3, 0.4) is 0 Å². The quantitative estimate of drug-likeness (QED) is 0.507. The van der Waals surface area contributed by atoms with E-state index in [1.54, 1.807) is 22.1 Å². The predicted octanol–water partition coefficient (Wildman–Crippen LogP) is 4.50. The number of nitrogens with zero attached hydrogens (tertiary/aromatic N) is 3. The summed E-state index contributed by atoms with van der Waals surface area (Å²) >= 11 is 6.84. The topological polar surface area (TPSA) is 114 Å². The van der Waals surface area contributed by atoms with Crippen molar-refractivity contribution < 1.29 is 19.1 Å². The van der Waals surface area contributed by atoms with Crippen molar-refractivity contribution in [3.8, 4) is 16.9 Å². The number of carbonyl (C=O) groups excluding carboxylic acids is 2. The average molecular weight is 526 g/mol. The molecule has 196 valence electrons. The summed E-state index contributed by atoms with van der Waals surface area (Å²) in [6.07, 6.45) is 1.17. The molecule has 0 saturated carbocycles. The summed E-state index contributed by atoms with van der Waals surface area (Å²) in [5.41, 5.74) is 9.61. The first kappa shape index (κ1) is 25.4. The summed E-state index contributed by atoms with van der Waals surface area (Å²) in [4.78, 5) is 29.2. The van der Waals surface area contributed by atoms with Crippen molar-refractivity contribution in [1.29, 1.82) is 0 Å². The number of fused-ring (bicyclic) bond motifs is 2. The fourth-order valence-corrected chi connectivity index (χ4v) is 5.21. The Morgan fingerprint density at radius 1 is 1.30 bits per heavy atom. The fourth-order valence-electron chi connectivity index (χ4n) is 4.96. The zero-order valence-electron chi connectivity index (χ0n) is 21.5. The van der Waals surface area contributed by atoms with Gasteiger partial charge < -0.3 is 25.0 Å². The van der Waals surface area contributed by atoms with E-state index in [-0.39, 0.29) is 17.9 Å². The van der Waals surface area contributed by atoms with Gasteiger partial charge in [-0.1, -0.05) is 17.7 Å². The Morgan fingerprint density at radius 3 is 2.76 bits per heavy atom. The molecule has 1 atom stereocenters. The van der Waals surface area contributed by atoms with Crippen LogP contribution >= 0.6 is 11.6 Å². The van der Waals surface area contributed by atoms with Gasteiger partial charge in [-0.05, 0) is 63.6 Å². The van der Waals surface area contributed by atoms with E-state index in [1.165, 1.54) is 0 Å². The molecule has 0 aliphatic carbocycles. The van der Waals surface area contributed by atoms with E-state index in [2.05, 4.69) is 10.2 Å². The minimum absolute atomic E-state index is 0.112. The minimum Gasteiger partial charge on any atom is -0.478 e. The van der Waals surface area contributed by atoms with Gasteiger partial charge in [-0.3, -0.25) is 9.89 Å². The molecule has 5 rings (SSSR count). The molecule has 0 radical (unpaired) electrons. The van der Waals surface area contributed by atoms with Crippen LogP contribution < -0.4 is 15.4 Å². The molecule has 1 saturated heterocycles. The van der Waals surface area contributed by atoms with Crippen molar-refractivity contribution in [3.63, 3.8) is 0 Å². The number of ether oxygens (including phenoxy) is 2. The summed E-state index contributed by atoms with van der Waals surface area (Å²) in [6.45, 7) is 9.36. The molecule has 37 heavy (non-hydrogen) atoms. The number of rotatable bonds is 5. The number of carbonyl (C=O) groups is 2. The number of benzene rings is 2. The molecule has 2 amide bonds. The fraction of sp³-hybridized carbons (Fsp3) is 0.444. The number of nitrogens with one attached hydrogen (secondary N) is 1. The average Bonchev–Trinajstić information content (AvgIpc) is 3.26. The number of amides is 2. The number of H-pyrrole nitrogens is 1. The van der Waals surface area contributed by atoms with Gasteiger partial charge in [0.05, 0.1) is 22.4 Å². The molecule has 0 spiro atoms. The summed E-state index contributed by atoms with van der Waals surface area (Å²) < 4.78 is 11.6. The Bertz CT molecular complexity index is 1360. The third-order valence-corrected chi connectivity index (χ3v) is 7.04. The molecule has 3 heterocycles. The van der Waals surface area contributed by atoms with Crippen LogP contribution in [0.15, 0.2) is 30.5 Å². The molecule has 0 unspecified atom stereocenters. The van der Waals surface area contributed by atoms with Crippen LogP contribution in [0.4, 0.5) is 10.5 Å². The Kier molecular flexibility index (Phi) is 6.53. The maximum absolute atomic E-state index is 13.4. The van der Waals surface area contributed by atoms with E-state index in [9.17, 15) is 9.59 Å². The van der Waals surface area contributed by atoms with Gasteiger partial charge in [0.25, 0.3) is 5.91 Å². The van der Waals surface area contributed by atoms with Gasteiger partial charge in [0.2, 0.25) is 0 Å². The van der Waals surface area contributed by atoms with Crippen LogP contribution in [0, 0.1) is 12.8 Å². The third kappa shape index (κ3) is 4.85. The monoisotopic (exact) mass is 525 g/mol. The molecular weight excluding hydrogens is 494 g/mol. The predicted molar refractivity (Wildman–Crippen MR) is 143 cm³/mol. The molecule has 2 aliphatic rings. The molecule has 2 aromatic carbocycles. The highest BCUT2D eigenvalue weighted by atomic mass is 35.5. The van der Waals surface area contributed by atoms with Crippen LogP contribution in [-0.2, 0) is 9.53 Å². The molecule has 0 bridgehead atoms. The number of nitrogens with two attached hydrogens (primary N) is 1. The highest BCUT2D eigenvalue weighted by Crippen LogP contribution is 2.45. The second-order valence-electron chi connectivity index (χ2n) is 10.8. The zero-order valence-corrected chi connectivity index (χ0v) is 22.3. The third-order valence-electron chi connectivity index (χ3n) is 6.73. The first-order chi connectivity index (χ1) is 17.6. The lowest BCUT2D eigenvalue weighted by Crippen LogP contribution is -2.57. The Hall–Kier alpha value is -3.30. The molecule has 2 aliphatic heterocycles. The van der Waals surface area contributed by atoms with Crippen LogP contribution in [0.25, 0.3) is 22.0 Å². The van der Waals surface area contributed by atoms with E-state index in [0.29, 0.717) is 49.1 Å². The number of aromatic nitrogens is 2. The number of halogens is 1. The Balaban J connectivity index is 1.45. The SMILES string of the molecule is Cc1ccc2[nH]ncc2c1-c1cc2c(cc1Cl)N(CC1CN(C(=O)OC(C)(C)C)C1)C(=O)[C@H](CCN)O2. The largest absolute Gasteiger partial charge is 0.478 e. The van der Waals surface area contributed by atoms with Gasteiger partial charge in [-0.25, -0.2) is 4.79 Å². The number of hydrogen-bond acceptors (Lipinski definition) is 6. The first-order valence-corrected chi connectivity index (χ1v) is 12.9. The first-order valence-electron chi connectivity index (χ1n) is 12.5. The molecule has 10 heteroatoms. The standard InChI is InChI=1S/C27H32ClN5O4/c1-15-5-6-20-18(11-30-31-20)24(15)17-9-23-21(10-19(17)28)33(25(34)22(36-23)7-8-29)14-16-12-32(13-16)26(35)37-27(2,3)4/h5-6,9-11,16,22H,7-8,12-14,29H2,1-4H3,(H,30,31)/t22-/m0/s1. The van der Waals surface area contributed by atoms with Gasteiger partial charge in [0, 0.05) is 42.9 Å². The zero-order chi connectivity index (χ0) is 26.5. The summed E-state index contributed by atoms with van der Waals surface area (Å²) in [5.74, 6) is 0.549. The lowest BCUT2D eigenvalue weighted by atomic mass is 9.95. The van der Waals surface area contributed by atoms with Crippen LogP contribution in [-0.4, -0.2) is 65.0 Å². The molecule has 9 nitrogen and oxygen atoms in total. The number of likely N-dealkylation sites (tertiary alicyclic amines) is 1. The summed E-state index contributed by atoms with van der Waals surface area (Å²) in [7, 11) is 0. The number of hydrogen-bond donors (Lipinski definition) is 2. The van der Waals surface area contributed by atoms with Crippen molar-refractivity contribution in [2.75, 3.05) is 31.1 Å². The minimum atomic E-state index is -0.681. The van der Waals surface area contributed by atoms with E-state index < -0.39 is 11.7 Å². The van der Waals surface area contributed by atoms with Gasteiger partial charge in [0.15, 0.2) is 6.10 Å². The molecule has 3 N–H and O–H groups in total. The van der Waals surface area contributed by atoms with Crippen LogP contribution in [0.2, 0.25) is 5.02 Å². The van der Waals surface area contributed by atoms with Crippen molar-refractivity contribution >= 4 is 40.2 Å². The van der Waals surface area contributed by atoms with Crippen LogP contribution in [0.1, 0.15) is 32.8 Å². The number of aryl methyl sites for hydroxylation is 1. The lowest BCUT2D eigenvalue weighted by molar-refractivity contribution is -0.126. The molecular formula is C27H32ClN5O4. The lowest BCUT2D eigenvalue weighted by Gasteiger charge is -2.43. The Morgan fingerprint density at radius 2 is 2.05 bits per heavy atom. The van der Waals surface area contributed by atoms with Crippen molar-refractivity contribution in [1.82, 2.24) is 15.1 Å². The van der Waals surface area contributed by atoms with Crippen molar-refractivity contribution in [2.45, 2.75) is 45.8 Å². The van der Waals surface area contributed by atoms with Crippen molar-refractivity contribution in [2.24, 2.45) is 11.7 Å². The smallest absolute Gasteiger partial charge is 0.410 e. The summed E-state index contributed by atoms with van der Waals surface area (Å²) in [6, 6.07) is 7.71. The highest BCUT2D eigenvalue weighted by molar-refractivity contribution is 6.34. The van der Waals surface area contributed by atoms with E-state index >= 15 is 0 Å². The van der Waals surface area contributed by atoms with Crippen molar-refractivity contribution in [3.05, 3.63) is 41.0 Å². The van der Waals surface area contributed by atoms with Crippen LogP contribution in [0.5, 0.6) is 5.75 Å². The molecule has 1 fully saturated rings. The van der Waals surface area contributed by atoms with Gasteiger partial charge in [-0.15, -0.1) is 0 Å². The maximum atomic E-state index is 13.4. The van der Waals surface area contributed by atoms with E-state index in [0.717, 1.165) is 27.6 Å². The normalized spacial score (nSPS) is 18.0. The molecule has 1 aromatic heterocycles. The Labute approximate surface area is 220 Å². The van der Waals surface area contributed by atoms with E-state index in [1.807, 2.05) is 45.9 Å².